The number of benzene rings is 1. The lowest BCUT2D eigenvalue weighted by Crippen LogP contribution is -2.30. The second kappa shape index (κ2) is 9.10. The zero-order valence-electron chi connectivity index (χ0n) is 17.5. The number of fused-ring (bicyclic) bond motifs is 1. The number of hydrogen-bond acceptors (Lipinski definition) is 6. The topological polar surface area (TPSA) is 78.4 Å². The minimum absolute atomic E-state index is 0.328. The number of aromatic carboxylic acids is 1. The quantitative estimate of drug-likeness (QED) is 0.525. The van der Waals surface area contributed by atoms with Crippen LogP contribution in [-0.2, 0) is 0 Å². The summed E-state index contributed by atoms with van der Waals surface area (Å²) in [5.41, 5.74) is 2.17. The number of nitrogens with one attached hydrogen (secondary N) is 1. The molecular weight excluding hydrogens is 396 g/mol. The van der Waals surface area contributed by atoms with Gasteiger partial charge in [-0.3, -0.25) is 0 Å². The number of likely N-dealkylation sites (tertiary alicyclic amines) is 1. The van der Waals surface area contributed by atoms with E-state index in [1.165, 1.54) is 32.4 Å². The third-order valence-corrected chi connectivity index (χ3v) is 7.01. The van der Waals surface area contributed by atoms with Crippen molar-refractivity contribution >= 4 is 33.3 Å². The smallest absolute Gasteiger partial charge is 0.336 e. The zero-order chi connectivity index (χ0) is 21.1. The van der Waals surface area contributed by atoms with Gasteiger partial charge in [0.15, 0.2) is 0 Å². The van der Waals surface area contributed by atoms with Crippen LogP contribution in [0.1, 0.15) is 41.6 Å². The second-order valence-corrected chi connectivity index (χ2v) is 9.26. The van der Waals surface area contributed by atoms with Gasteiger partial charge >= 0.3 is 5.97 Å². The average Bonchev–Trinajstić information content (AvgIpc) is 3.17. The SMILES string of the molecule is Cc1cnc(NCCCC2CCN(C)CC2)nc1-c1cc2c(C(=O)O)cccc2s1. The van der Waals surface area contributed by atoms with Crippen LogP contribution in [0.3, 0.4) is 0 Å². The van der Waals surface area contributed by atoms with Crippen LogP contribution in [0, 0.1) is 12.8 Å². The van der Waals surface area contributed by atoms with Crippen molar-refractivity contribution in [3.05, 3.63) is 41.6 Å². The van der Waals surface area contributed by atoms with E-state index in [9.17, 15) is 9.90 Å². The molecule has 1 aliphatic rings. The van der Waals surface area contributed by atoms with Gasteiger partial charge in [-0.1, -0.05) is 6.07 Å². The summed E-state index contributed by atoms with van der Waals surface area (Å²) in [6.07, 6.45) is 6.79. The first-order valence-corrected chi connectivity index (χ1v) is 11.3. The summed E-state index contributed by atoms with van der Waals surface area (Å²) in [6, 6.07) is 7.32. The summed E-state index contributed by atoms with van der Waals surface area (Å²) < 4.78 is 0.954. The molecule has 2 aromatic heterocycles. The number of nitrogens with zero attached hydrogens (tertiary/aromatic N) is 3. The number of carboxylic acids is 1. The largest absolute Gasteiger partial charge is 0.478 e. The summed E-state index contributed by atoms with van der Waals surface area (Å²) >= 11 is 1.57. The van der Waals surface area contributed by atoms with Gasteiger partial charge in [0.05, 0.1) is 16.1 Å². The fourth-order valence-electron chi connectivity index (χ4n) is 4.08. The molecule has 4 rings (SSSR count). The lowest BCUT2D eigenvalue weighted by Gasteiger charge is -2.28. The maximum absolute atomic E-state index is 11.5. The number of rotatable bonds is 7. The Balaban J connectivity index is 1.44. The molecule has 6 nitrogen and oxygen atoms in total. The molecule has 0 spiro atoms. The molecule has 3 heterocycles. The van der Waals surface area contributed by atoms with Crippen LogP contribution in [0.2, 0.25) is 0 Å². The normalized spacial score (nSPS) is 15.5. The van der Waals surface area contributed by atoms with E-state index in [1.807, 2.05) is 25.3 Å². The molecule has 1 saturated heterocycles. The van der Waals surface area contributed by atoms with Crippen molar-refractivity contribution in [2.45, 2.75) is 32.6 Å². The highest BCUT2D eigenvalue weighted by Crippen LogP contribution is 2.36. The molecule has 3 aromatic rings. The van der Waals surface area contributed by atoms with Crippen molar-refractivity contribution in [2.24, 2.45) is 5.92 Å². The highest BCUT2D eigenvalue weighted by Gasteiger charge is 2.17. The van der Waals surface area contributed by atoms with Crippen molar-refractivity contribution in [3.8, 4) is 10.6 Å². The number of hydrogen-bond donors (Lipinski definition) is 2. The molecular formula is C23H28N4O2S. The summed E-state index contributed by atoms with van der Waals surface area (Å²) in [4.78, 5) is 24.1. The molecule has 1 fully saturated rings. The van der Waals surface area contributed by atoms with Crippen LogP contribution in [-0.4, -0.2) is 52.6 Å². The van der Waals surface area contributed by atoms with Crippen LogP contribution >= 0.6 is 11.3 Å². The molecule has 30 heavy (non-hydrogen) atoms. The van der Waals surface area contributed by atoms with E-state index in [0.717, 1.165) is 45.1 Å². The number of anilines is 1. The molecule has 0 aliphatic carbocycles. The van der Waals surface area contributed by atoms with Gasteiger partial charge in [-0.2, -0.15) is 0 Å². The van der Waals surface area contributed by atoms with Crippen molar-refractivity contribution in [2.75, 3.05) is 32.0 Å². The lowest BCUT2D eigenvalue weighted by atomic mass is 9.92. The Morgan fingerprint density at radius 2 is 2.13 bits per heavy atom. The Morgan fingerprint density at radius 3 is 2.90 bits per heavy atom. The van der Waals surface area contributed by atoms with E-state index in [1.54, 1.807) is 23.5 Å². The molecule has 0 amide bonds. The van der Waals surface area contributed by atoms with Crippen LogP contribution < -0.4 is 5.32 Å². The Morgan fingerprint density at radius 1 is 1.33 bits per heavy atom. The number of thiophene rings is 1. The number of carboxylic acid groups (broad SMARTS) is 1. The van der Waals surface area contributed by atoms with Crippen LogP contribution in [0.25, 0.3) is 20.7 Å². The third-order valence-electron chi connectivity index (χ3n) is 5.91. The highest BCUT2D eigenvalue weighted by molar-refractivity contribution is 7.22. The number of carbonyl (C=O) groups is 1. The fraction of sp³-hybridized carbons (Fsp3) is 0.435. The first kappa shape index (κ1) is 20.8. The summed E-state index contributed by atoms with van der Waals surface area (Å²) in [5, 5.41) is 13.6. The van der Waals surface area contributed by atoms with E-state index in [-0.39, 0.29) is 0 Å². The fourth-order valence-corrected chi connectivity index (χ4v) is 5.22. The number of aryl methyl sites for hydroxylation is 1. The van der Waals surface area contributed by atoms with E-state index in [0.29, 0.717) is 11.5 Å². The van der Waals surface area contributed by atoms with Crippen LogP contribution in [0.5, 0.6) is 0 Å². The molecule has 1 aromatic carbocycles. The minimum Gasteiger partial charge on any atom is -0.478 e. The zero-order valence-corrected chi connectivity index (χ0v) is 18.3. The maximum atomic E-state index is 11.5. The van der Waals surface area contributed by atoms with Crippen molar-refractivity contribution in [3.63, 3.8) is 0 Å². The van der Waals surface area contributed by atoms with Gasteiger partial charge in [-0.15, -0.1) is 11.3 Å². The standard InChI is InChI=1S/C23H28N4O2S/c1-15-14-25-23(24-10-4-5-16-8-11-27(2)12-9-16)26-21(15)20-13-18-17(22(28)29)6-3-7-19(18)30-20/h3,6-7,13-14,16H,4-5,8-12H2,1-2H3,(H,28,29)(H,24,25,26). The number of piperidine rings is 1. The molecule has 158 valence electrons. The molecule has 0 atom stereocenters. The maximum Gasteiger partial charge on any atom is 0.336 e. The monoisotopic (exact) mass is 424 g/mol. The van der Waals surface area contributed by atoms with Crippen LogP contribution in [0.15, 0.2) is 30.5 Å². The Kier molecular flexibility index (Phi) is 6.29. The molecule has 2 N–H and O–H groups in total. The summed E-state index contributed by atoms with van der Waals surface area (Å²) in [5.74, 6) is 0.561. The average molecular weight is 425 g/mol. The van der Waals surface area contributed by atoms with Gasteiger partial charge < -0.3 is 15.3 Å². The third kappa shape index (κ3) is 4.63. The van der Waals surface area contributed by atoms with Crippen molar-refractivity contribution in [1.82, 2.24) is 14.9 Å². The molecule has 7 heteroatoms. The molecule has 0 unspecified atom stereocenters. The number of aromatic nitrogens is 2. The predicted molar refractivity (Wildman–Crippen MR) is 122 cm³/mol. The lowest BCUT2D eigenvalue weighted by molar-refractivity contribution is 0.0699. The van der Waals surface area contributed by atoms with Gasteiger partial charge in [0.2, 0.25) is 5.95 Å². The van der Waals surface area contributed by atoms with Gasteiger partial charge in [0.1, 0.15) is 0 Å². The summed E-state index contributed by atoms with van der Waals surface area (Å²) in [7, 11) is 2.20. The second-order valence-electron chi connectivity index (χ2n) is 8.17. The minimum atomic E-state index is -0.906. The van der Waals surface area contributed by atoms with Crippen molar-refractivity contribution in [1.29, 1.82) is 0 Å². The van der Waals surface area contributed by atoms with E-state index < -0.39 is 5.97 Å². The van der Waals surface area contributed by atoms with Gasteiger partial charge in [-0.25, -0.2) is 14.8 Å². The first-order chi connectivity index (χ1) is 14.5. The van der Waals surface area contributed by atoms with Crippen LogP contribution in [0.4, 0.5) is 5.95 Å². The Labute approximate surface area is 181 Å². The molecule has 0 radical (unpaired) electrons. The van der Waals surface area contributed by atoms with Crippen molar-refractivity contribution < 1.29 is 9.90 Å². The van der Waals surface area contributed by atoms with E-state index >= 15 is 0 Å². The molecule has 0 saturated carbocycles. The summed E-state index contributed by atoms with van der Waals surface area (Å²) in [6.45, 7) is 5.27. The van der Waals surface area contributed by atoms with E-state index in [4.69, 9.17) is 4.98 Å². The van der Waals surface area contributed by atoms with E-state index in [2.05, 4.69) is 22.2 Å². The predicted octanol–water partition coefficient (Wildman–Crippen LogP) is 4.90. The van der Waals surface area contributed by atoms with Gasteiger partial charge in [0.25, 0.3) is 0 Å². The first-order valence-electron chi connectivity index (χ1n) is 10.5. The molecule has 1 aliphatic heterocycles. The van der Waals surface area contributed by atoms with Gasteiger partial charge in [-0.05, 0) is 82.4 Å². The highest BCUT2D eigenvalue weighted by atomic mass is 32.1. The Hall–Kier alpha value is -2.51. The molecule has 0 bridgehead atoms. The van der Waals surface area contributed by atoms with Gasteiger partial charge in [0, 0.05) is 22.8 Å². The Bertz CT molecular complexity index is 1040.